The molecule has 2 aliphatic heterocycles. The van der Waals surface area contributed by atoms with Crippen LogP contribution in [0.2, 0.25) is 0 Å². The number of likely N-dealkylation sites (N-methyl/N-ethyl adjacent to an activating group) is 1. The van der Waals surface area contributed by atoms with Crippen molar-refractivity contribution in [3.63, 3.8) is 0 Å². The molecule has 0 radical (unpaired) electrons. The fourth-order valence-electron chi connectivity index (χ4n) is 5.34. The summed E-state index contributed by atoms with van der Waals surface area (Å²) in [5.41, 5.74) is 0.978. The SMILES string of the molecule is Cc1cc(C(=O)Nc2ccc3c(c2)C(=O)N(C)[C@H]2CC[C@@H](CC(=O)NC4CCCC4)O[C@H]2CO3)no1. The number of aromatic nitrogens is 1. The van der Waals surface area contributed by atoms with Crippen LogP contribution in [-0.4, -0.2) is 65.7 Å². The van der Waals surface area contributed by atoms with Gasteiger partial charge in [0.15, 0.2) is 5.69 Å². The first-order valence-corrected chi connectivity index (χ1v) is 12.6. The Morgan fingerprint density at radius 2 is 1.94 bits per heavy atom. The highest BCUT2D eigenvalue weighted by molar-refractivity contribution is 6.04. The number of fused-ring (bicyclic) bond motifs is 2. The summed E-state index contributed by atoms with van der Waals surface area (Å²) in [4.78, 5) is 40.0. The lowest BCUT2D eigenvalue weighted by Crippen LogP contribution is -2.54. The van der Waals surface area contributed by atoms with Crippen molar-refractivity contribution >= 4 is 23.4 Å². The number of aryl methyl sites for hydroxylation is 1. The van der Waals surface area contributed by atoms with E-state index >= 15 is 0 Å². The van der Waals surface area contributed by atoms with Gasteiger partial charge in [-0.25, -0.2) is 0 Å². The van der Waals surface area contributed by atoms with Gasteiger partial charge in [0, 0.05) is 24.8 Å². The summed E-state index contributed by atoms with van der Waals surface area (Å²) in [6.07, 6.45) is 5.64. The summed E-state index contributed by atoms with van der Waals surface area (Å²) in [6, 6.07) is 6.61. The van der Waals surface area contributed by atoms with Crippen molar-refractivity contribution in [2.75, 3.05) is 19.0 Å². The van der Waals surface area contributed by atoms with E-state index in [2.05, 4.69) is 15.8 Å². The van der Waals surface area contributed by atoms with Crippen LogP contribution in [0, 0.1) is 6.92 Å². The lowest BCUT2D eigenvalue weighted by molar-refractivity contribution is -0.134. The van der Waals surface area contributed by atoms with Crippen molar-refractivity contribution in [2.24, 2.45) is 0 Å². The van der Waals surface area contributed by atoms with Gasteiger partial charge >= 0.3 is 0 Å². The van der Waals surface area contributed by atoms with Crippen LogP contribution in [0.4, 0.5) is 5.69 Å². The van der Waals surface area contributed by atoms with Crippen molar-refractivity contribution in [1.29, 1.82) is 0 Å². The Balaban J connectivity index is 1.25. The topological polar surface area (TPSA) is 123 Å². The van der Waals surface area contributed by atoms with Gasteiger partial charge < -0.3 is 29.5 Å². The molecule has 0 spiro atoms. The van der Waals surface area contributed by atoms with Crippen molar-refractivity contribution in [3.05, 3.63) is 41.3 Å². The number of carbonyl (C=O) groups excluding carboxylic acids is 3. The summed E-state index contributed by atoms with van der Waals surface area (Å²) in [5.74, 6) is 0.342. The van der Waals surface area contributed by atoms with Crippen LogP contribution < -0.4 is 15.4 Å². The Bertz CT molecular complexity index is 1140. The fraction of sp³-hybridized carbons (Fsp3) is 0.538. The molecule has 3 amide bonds. The Kier molecular flexibility index (Phi) is 6.95. The van der Waals surface area contributed by atoms with Crippen LogP contribution in [0.5, 0.6) is 5.75 Å². The first-order valence-electron chi connectivity index (χ1n) is 12.6. The van der Waals surface area contributed by atoms with Gasteiger partial charge in [-0.2, -0.15) is 0 Å². The molecule has 1 aromatic heterocycles. The normalized spacial score (nSPS) is 24.2. The highest BCUT2D eigenvalue weighted by atomic mass is 16.5. The monoisotopic (exact) mass is 496 g/mol. The molecule has 1 saturated heterocycles. The molecular weight excluding hydrogens is 464 g/mol. The maximum Gasteiger partial charge on any atom is 0.277 e. The molecule has 1 aliphatic carbocycles. The summed E-state index contributed by atoms with van der Waals surface area (Å²) in [7, 11) is 1.76. The molecule has 1 saturated carbocycles. The Morgan fingerprint density at radius 1 is 1.14 bits per heavy atom. The van der Waals surface area contributed by atoms with Crippen LogP contribution in [0.15, 0.2) is 28.8 Å². The predicted octanol–water partition coefficient (Wildman–Crippen LogP) is 3.06. The molecule has 2 fully saturated rings. The largest absolute Gasteiger partial charge is 0.490 e. The van der Waals surface area contributed by atoms with Crippen LogP contribution in [-0.2, 0) is 9.53 Å². The average Bonchev–Trinajstić information content (AvgIpc) is 3.53. The third-order valence-corrected chi connectivity index (χ3v) is 7.26. The highest BCUT2D eigenvalue weighted by Gasteiger charge is 2.39. The maximum absolute atomic E-state index is 13.4. The van der Waals surface area contributed by atoms with E-state index in [0.29, 0.717) is 35.6 Å². The molecule has 3 aliphatic rings. The molecule has 192 valence electrons. The summed E-state index contributed by atoms with van der Waals surface area (Å²) >= 11 is 0. The molecular formula is C26H32N4O6. The second kappa shape index (κ2) is 10.3. The van der Waals surface area contributed by atoms with Crippen molar-refractivity contribution < 1.29 is 28.4 Å². The van der Waals surface area contributed by atoms with Gasteiger partial charge in [-0.15, -0.1) is 0 Å². The quantitative estimate of drug-likeness (QED) is 0.652. The maximum atomic E-state index is 13.4. The summed E-state index contributed by atoms with van der Waals surface area (Å²) < 4.78 is 17.2. The number of amides is 3. The fourth-order valence-corrected chi connectivity index (χ4v) is 5.34. The lowest BCUT2D eigenvalue weighted by Gasteiger charge is -2.42. The second-order valence-corrected chi connectivity index (χ2v) is 9.91. The van der Waals surface area contributed by atoms with E-state index in [1.54, 1.807) is 43.1 Å². The number of hydrogen-bond acceptors (Lipinski definition) is 7. The molecule has 0 unspecified atom stereocenters. The molecule has 5 rings (SSSR count). The number of rotatable bonds is 5. The Hall–Kier alpha value is -3.40. The van der Waals surface area contributed by atoms with Gasteiger partial charge in [0.05, 0.1) is 24.1 Å². The number of ether oxygens (including phenoxy) is 2. The average molecular weight is 497 g/mol. The zero-order chi connectivity index (χ0) is 25.2. The molecule has 3 atom stereocenters. The van der Waals surface area contributed by atoms with Crippen molar-refractivity contribution in [2.45, 2.75) is 76.2 Å². The molecule has 3 heterocycles. The minimum absolute atomic E-state index is 0.0299. The van der Waals surface area contributed by atoms with Crippen LogP contribution in [0.1, 0.15) is 71.6 Å². The first kappa shape index (κ1) is 24.3. The van der Waals surface area contributed by atoms with E-state index < -0.39 is 5.91 Å². The highest BCUT2D eigenvalue weighted by Crippen LogP contribution is 2.32. The van der Waals surface area contributed by atoms with Gasteiger partial charge in [0.25, 0.3) is 11.8 Å². The first-order chi connectivity index (χ1) is 17.4. The smallest absolute Gasteiger partial charge is 0.277 e. The van der Waals surface area contributed by atoms with Crippen LogP contribution in [0.3, 0.4) is 0 Å². The minimum atomic E-state index is -0.428. The summed E-state index contributed by atoms with van der Waals surface area (Å²) in [5, 5.41) is 9.60. The van der Waals surface area contributed by atoms with Gasteiger partial charge in [0.1, 0.15) is 24.2 Å². The third-order valence-electron chi connectivity index (χ3n) is 7.26. The Labute approximate surface area is 209 Å². The van der Waals surface area contributed by atoms with E-state index in [9.17, 15) is 14.4 Å². The van der Waals surface area contributed by atoms with E-state index in [4.69, 9.17) is 14.0 Å². The zero-order valence-corrected chi connectivity index (χ0v) is 20.6. The standard InChI is InChI=1S/C26H32N4O6/c1-15-11-20(29-36-15)25(32)28-17-7-10-22-19(12-17)26(33)30(2)21-9-8-18(35-23(21)14-34-22)13-24(31)27-16-5-3-4-6-16/h7,10-12,16,18,21,23H,3-6,8-9,13-14H2,1-2H3,(H,27,31)(H,28,32)/t18-,21-,23-/m0/s1. The number of nitrogens with zero attached hydrogens (tertiary/aromatic N) is 2. The van der Waals surface area contributed by atoms with E-state index in [1.807, 2.05) is 0 Å². The van der Waals surface area contributed by atoms with Gasteiger partial charge in [-0.05, 0) is 50.8 Å². The van der Waals surface area contributed by atoms with Gasteiger partial charge in [-0.1, -0.05) is 18.0 Å². The molecule has 36 heavy (non-hydrogen) atoms. The van der Waals surface area contributed by atoms with Gasteiger partial charge in [0.2, 0.25) is 5.91 Å². The van der Waals surface area contributed by atoms with E-state index in [-0.39, 0.29) is 48.4 Å². The molecule has 2 aromatic rings. The number of benzene rings is 1. The molecule has 1 aromatic carbocycles. The number of carbonyl (C=O) groups is 3. The van der Waals surface area contributed by atoms with Crippen molar-refractivity contribution in [1.82, 2.24) is 15.4 Å². The molecule has 0 bridgehead atoms. The molecule has 10 heteroatoms. The van der Waals surface area contributed by atoms with Crippen LogP contribution in [0.25, 0.3) is 0 Å². The molecule has 2 N–H and O–H groups in total. The second-order valence-electron chi connectivity index (χ2n) is 9.91. The minimum Gasteiger partial charge on any atom is -0.490 e. The number of nitrogens with one attached hydrogen (secondary N) is 2. The Morgan fingerprint density at radius 3 is 2.69 bits per heavy atom. The molecule has 10 nitrogen and oxygen atoms in total. The number of anilines is 1. The van der Waals surface area contributed by atoms with Crippen molar-refractivity contribution in [3.8, 4) is 5.75 Å². The lowest BCUT2D eigenvalue weighted by atomic mass is 9.94. The summed E-state index contributed by atoms with van der Waals surface area (Å²) in [6.45, 7) is 1.97. The van der Waals surface area contributed by atoms with Gasteiger partial charge in [-0.3, -0.25) is 14.4 Å². The van der Waals surface area contributed by atoms with Crippen LogP contribution >= 0.6 is 0 Å². The third kappa shape index (κ3) is 5.23. The predicted molar refractivity (Wildman–Crippen MR) is 130 cm³/mol. The van der Waals surface area contributed by atoms with E-state index in [1.165, 1.54) is 12.8 Å². The zero-order valence-electron chi connectivity index (χ0n) is 20.6. The van der Waals surface area contributed by atoms with E-state index in [0.717, 1.165) is 19.3 Å². The number of hydrogen-bond donors (Lipinski definition) is 2.